The Balaban J connectivity index is 0. The van der Waals surface area contributed by atoms with Crippen LogP contribution in [0, 0.1) is 25.5 Å². The average Bonchev–Trinajstić information content (AvgIpc) is 3.02. The van der Waals surface area contributed by atoms with Gasteiger partial charge < -0.3 is 0 Å². The normalized spacial score (nSPS) is 12.2. The molecule has 0 fully saturated rings. The Morgan fingerprint density at radius 2 is 0.950 bits per heavy atom. The van der Waals surface area contributed by atoms with E-state index in [-0.39, 0.29) is 31.2 Å². The van der Waals surface area contributed by atoms with Crippen LogP contribution < -0.4 is 0 Å². The predicted octanol–water partition coefficient (Wildman–Crippen LogP) is 16.2. The molecule has 60 heavy (non-hydrogen) atoms. The number of hydrogen-bond acceptors (Lipinski definition) is 3. The van der Waals surface area contributed by atoms with Gasteiger partial charge in [0, 0.05) is 34.1 Å². The zero-order valence-corrected chi connectivity index (χ0v) is 35.2. The summed E-state index contributed by atoms with van der Waals surface area (Å²) in [6.45, 7) is 24.9. The molecule has 0 aliphatic rings. The van der Waals surface area contributed by atoms with Gasteiger partial charge in [-0.2, -0.15) is 26.3 Å². The van der Waals surface area contributed by atoms with E-state index in [9.17, 15) is 52.7 Å². The molecule has 3 heterocycles. The van der Waals surface area contributed by atoms with Gasteiger partial charge in [-0.3, -0.25) is 9.97 Å². The van der Waals surface area contributed by atoms with Crippen molar-refractivity contribution in [3.63, 3.8) is 0 Å². The second-order valence-corrected chi connectivity index (χ2v) is 17.7. The van der Waals surface area contributed by atoms with Crippen LogP contribution in [-0.4, -0.2) is 15.0 Å². The quantitative estimate of drug-likeness (QED) is 0.188. The van der Waals surface area contributed by atoms with Crippen LogP contribution >= 0.6 is 0 Å². The molecule has 0 amide bonds. The summed E-state index contributed by atoms with van der Waals surface area (Å²) in [6.07, 6.45) is -13.1. The van der Waals surface area contributed by atoms with E-state index in [4.69, 9.17) is 0 Å². The summed E-state index contributed by atoms with van der Waals surface area (Å²) in [7, 11) is 0. The second-order valence-electron chi connectivity index (χ2n) is 17.7. The number of hydrogen-bond donors (Lipinski definition) is 0. The molecule has 0 aliphatic heterocycles. The summed E-state index contributed by atoms with van der Waals surface area (Å²) in [6, 6.07) is 10.5. The molecule has 340 valence electrons. The Labute approximate surface area is 348 Å². The van der Waals surface area contributed by atoms with E-state index in [1.54, 1.807) is 67.5 Å². The Kier molecular flexibility index (Phi) is 20.8. The molecule has 0 bridgehead atoms. The summed E-state index contributed by atoms with van der Waals surface area (Å²) in [5, 5.41) is 0. The number of aryl methyl sites for hydroxylation is 2. The summed E-state index contributed by atoms with van der Waals surface area (Å²) >= 11 is 0. The standard InChI is InChI=1S/2C11H14F3N.C11H13F3.C10H12F3N.2CH4/c1-7-5-8(11(12,13)14)6-9(15-7)10(2,3)4;1-7-5-8(10(2,3)4)15-9(6-7)11(12,13)14;1-11(2,3)8-6-4-5-7(9(8)12)10(13)14;1-10(2,3)6-4-5-14-8(7(6)11)9(12)13;;/h2*5-6H,1-4H3;4-6,10H,1-3H3;4-5,9H,1-3H3;2*1H4. The molecule has 0 radical (unpaired) electrons. The van der Waals surface area contributed by atoms with Crippen molar-refractivity contribution in [2.24, 2.45) is 0 Å². The largest absolute Gasteiger partial charge is 0.433 e. The fraction of sp³-hybridized carbons (Fsp3) is 0.533. The number of alkyl halides is 10. The zero-order chi connectivity index (χ0) is 45.6. The number of aromatic nitrogens is 3. The number of pyridine rings is 3. The molecular weight excluding hydrogens is 810 g/mol. The maximum absolute atomic E-state index is 13.5. The highest BCUT2D eigenvalue weighted by molar-refractivity contribution is 5.32. The van der Waals surface area contributed by atoms with Gasteiger partial charge in [0.05, 0.1) is 11.1 Å². The lowest BCUT2D eigenvalue weighted by Gasteiger charge is -2.20. The third-order valence-electron chi connectivity index (χ3n) is 8.08. The Hall–Kier alpha value is -4.17. The molecule has 0 saturated carbocycles. The molecule has 0 unspecified atom stereocenters. The fourth-order valence-corrected chi connectivity index (χ4v) is 4.90. The summed E-state index contributed by atoms with van der Waals surface area (Å²) in [4.78, 5) is 11.1. The molecule has 0 saturated heterocycles. The van der Waals surface area contributed by atoms with Crippen molar-refractivity contribution in [3.8, 4) is 0 Å². The SMILES string of the molecule is C.C.CC(C)(C)c1cccc(C(F)F)c1F.CC(C)(C)c1ccnc(C(F)F)c1F.Cc1cc(C(C)(C)C)nc(C(F)(F)F)c1.Cc1cc(C(F)(F)F)cc(C(C)(C)C)n1. The van der Waals surface area contributed by atoms with Crippen molar-refractivity contribution in [2.75, 3.05) is 0 Å². The van der Waals surface area contributed by atoms with Crippen molar-refractivity contribution < 1.29 is 52.7 Å². The van der Waals surface area contributed by atoms with E-state index >= 15 is 0 Å². The van der Waals surface area contributed by atoms with Crippen molar-refractivity contribution in [1.82, 2.24) is 15.0 Å². The molecule has 0 N–H and O–H groups in total. The lowest BCUT2D eigenvalue weighted by Crippen LogP contribution is -2.18. The molecule has 15 heteroatoms. The van der Waals surface area contributed by atoms with E-state index in [0.29, 0.717) is 28.2 Å². The molecule has 4 aromatic rings. The average molecular weight is 872 g/mol. The molecule has 0 spiro atoms. The van der Waals surface area contributed by atoms with Gasteiger partial charge in [0.1, 0.15) is 17.2 Å². The van der Waals surface area contributed by atoms with Crippen molar-refractivity contribution >= 4 is 0 Å². The van der Waals surface area contributed by atoms with E-state index < -0.39 is 70.2 Å². The Morgan fingerprint density at radius 3 is 1.35 bits per heavy atom. The molecule has 3 nitrogen and oxygen atoms in total. The smallest absolute Gasteiger partial charge is 0.258 e. The maximum Gasteiger partial charge on any atom is 0.433 e. The van der Waals surface area contributed by atoms with Gasteiger partial charge in [-0.25, -0.2) is 31.3 Å². The van der Waals surface area contributed by atoms with Crippen LogP contribution in [0.4, 0.5) is 52.7 Å². The van der Waals surface area contributed by atoms with Gasteiger partial charge in [-0.15, -0.1) is 0 Å². The number of benzene rings is 1. The molecule has 3 aromatic heterocycles. The second kappa shape index (κ2) is 21.6. The Morgan fingerprint density at radius 1 is 0.500 bits per heavy atom. The predicted molar refractivity (Wildman–Crippen MR) is 217 cm³/mol. The lowest BCUT2D eigenvalue weighted by atomic mass is 9.85. The van der Waals surface area contributed by atoms with Crippen molar-refractivity contribution in [2.45, 2.75) is 159 Å². The lowest BCUT2D eigenvalue weighted by molar-refractivity contribution is -0.141. The van der Waals surface area contributed by atoms with Gasteiger partial charge in [0.25, 0.3) is 12.9 Å². The first-order valence-electron chi connectivity index (χ1n) is 18.0. The highest BCUT2D eigenvalue weighted by Crippen LogP contribution is 2.34. The van der Waals surface area contributed by atoms with Crippen LogP contribution in [0.5, 0.6) is 0 Å². The van der Waals surface area contributed by atoms with Crippen LogP contribution in [0.3, 0.4) is 0 Å². The van der Waals surface area contributed by atoms with E-state index in [1.165, 1.54) is 18.3 Å². The zero-order valence-electron chi connectivity index (χ0n) is 35.2. The number of nitrogens with zero attached hydrogens (tertiary/aromatic N) is 3. The van der Waals surface area contributed by atoms with Gasteiger partial charge in [0.15, 0.2) is 5.82 Å². The van der Waals surface area contributed by atoms with Crippen LogP contribution in [0.15, 0.2) is 54.7 Å². The number of halogens is 12. The van der Waals surface area contributed by atoms with Crippen LogP contribution in [0.2, 0.25) is 0 Å². The maximum atomic E-state index is 13.5. The summed E-state index contributed by atoms with van der Waals surface area (Å²) < 4.78 is 151. The first-order valence-corrected chi connectivity index (χ1v) is 18.0. The minimum Gasteiger partial charge on any atom is -0.258 e. The van der Waals surface area contributed by atoms with Crippen LogP contribution in [0.1, 0.15) is 167 Å². The molecular formula is C45H61F12N3. The van der Waals surface area contributed by atoms with Gasteiger partial charge in [0.2, 0.25) is 0 Å². The minimum atomic E-state index is -4.37. The summed E-state index contributed by atoms with van der Waals surface area (Å²) in [5.41, 5.74) is -1.88. The Bertz CT molecular complexity index is 1730. The summed E-state index contributed by atoms with van der Waals surface area (Å²) in [5.74, 6) is -1.68. The third kappa shape index (κ3) is 17.8. The third-order valence-corrected chi connectivity index (χ3v) is 8.08. The van der Waals surface area contributed by atoms with E-state index in [0.717, 1.165) is 24.3 Å². The topological polar surface area (TPSA) is 38.7 Å². The van der Waals surface area contributed by atoms with E-state index in [1.807, 2.05) is 41.5 Å². The monoisotopic (exact) mass is 871 g/mol. The molecule has 4 rings (SSSR count). The van der Waals surface area contributed by atoms with Crippen molar-refractivity contribution in [1.29, 1.82) is 0 Å². The van der Waals surface area contributed by atoms with Gasteiger partial charge in [-0.05, 0) is 71.7 Å². The first kappa shape index (κ1) is 57.9. The van der Waals surface area contributed by atoms with Gasteiger partial charge in [-0.1, -0.05) is 116 Å². The van der Waals surface area contributed by atoms with Crippen LogP contribution in [0.25, 0.3) is 0 Å². The van der Waals surface area contributed by atoms with Gasteiger partial charge >= 0.3 is 12.4 Å². The molecule has 1 aromatic carbocycles. The van der Waals surface area contributed by atoms with E-state index in [2.05, 4.69) is 15.0 Å². The first-order chi connectivity index (χ1) is 25.9. The van der Waals surface area contributed by atoms with Crippen LogP contribution in [-0.2, 0) is 34.0 Å². The fourth-order valence-electron chi connectivity index (χ4n) is 4.90. The highest BCUT2D eigenvalue weighted by Gasteiger charge is 2.34. The molecule has 0 aliphatic carbocycles. The highest BCUT2D eigenvalue weighted by atomic mass is 19.4. The minimum absolute atomic E-state index is 0. The van der Waals surface area contributed by atoms with Crippen molar-refractivity contribution in [3.05, 3.63) is 123 Å². The molecule has 0 atom stereocenters. The number of rotatable bonds is 2.